The molecular weight excluding hydrogens is 454 g/mol. The van der Waals surface area contributed by atoms with Crippen LogP contribution in [-0.4, -0.2) is 43.4 Å². The summed E-state index contributed by atoms with van der Waals surface area (Å²) in [6.45, 7) is 3.96. The molecular formula is C24H23N5O4S. The Morgan fingerprint density at radius 2 is 1.79 bits per heavy atom. The first-order valence-corrected chi connectivity index (χ1v) is 11.5. The van der Waals surface area contributed by atoms with Crippen LogP contribution in [0.4, 0.5) is 0 Å². The first-order chi connectivity index (χ1) is 16.3. The van der Waals surface area contributed by atoms with E-state index in [2.05, 4.69) is 20.2 Å². The van der Waals surface area contributed by atoms with Crippen molar-refractivity contribution >= 4 is 17.5 Å². The molecule has 0 radical (unpaired) electrons. The molecule has 4 rings (SSSR count). The normalized spacial score (nSPS) is 10.9. The number of Topliss-reactive ketones (excluding diaryl/α,β-unsaturated/α-hetero) is 1. The number of aromatic amines is 2. The zero-order chi connectivity index (χ0) is 24.2. The number of hydrogen-bond acceptors (Lipinski definition) is 7. The maximum atomic E-state index is 12.8. The number of aromatic nitrogens is 5. The number of nitrogens with zero attached hydrogens (tertiary/aromatic N) is 3. The molecule has 9 nitrogen and oxygen atoms in total. The van der Waals surface area contributed by atoms with Gasteiger partial charge < -0.3 is 9.72 Å². The molecule has 0 bridgehead atoms. The second-order valence-corrected chi connectivity index (χ2v) is 8.70. The minimum atomic E-state index is -0.583. The Morgan fingerprint density at radius 1 is 1.03 bits per heavy atom. The van der Waals surface area contributed by atoms with Crippen molar-refractivity contribution in [3.63, 3.8) is 0 Å². The zero-order valence-corrected chi connectivity index (χ0v) is 19.7. The number of H-pyrrole nitrogens is 2. The van der Waals surface area contributed by atoms with Gasteiger partial charge in [0.1, 0.15) is 11.6 Å². The summed E-state index contributed by atoms with van der Waals surface area (Å²) >= 11 is 1.28. The number of rotatable bonds is 8. The number of ether oxygens (including phenoxy) is 1. The van der Waals surface area contributed by atoms with Crippen LogP contribution in [0.25, 0.3) is 5.69 Å². The topological polar surface area (TPSA) is 123 Å². The molecule has 2 N–H and O–H groups in total. The Bertz CT molecular complexity index is 1430. The summed E-state index contributed by atoms with van der Waals surface area (Å²) in [5.74, 6) is 1.33. The SMILES string of the molecule is COc1ccc(C(=O)CSc2nnc(Cc3cc(=O)[nH]c(=O)[nH]3)n2-c2cc(C)ccc2C)cc1. The third-order valence-electron chi connectivity index (χ3n) is 5.21. The summed E-state index contributed by atoms with van der Waals surface area (Å²) in [7, 11) is 1.57. The van der Waals surface area contributed by atoms with E-state index in [1.165, 1.54) is 17.8 Å². The smallest absolute Gasteiger partial charge is 0.325 e. The summed E-state index contributed by atoms with van der Waals surface area (Å²) in [6, 6.07) is 14.3. The highest BCUT2D eigenvalue weighted by Crippen LogP contribution is 2.27. The lowest BCUT2D eigenvalue weighted by atomic mass is 10.1. The van der Waals surface area contributed by atoms with Gasteiger partial charge >= 0.3 is 5.69 Å². The van der Waals surface area contributed by atoms with Crippen molar-refractivity contribution < 1.29 is 9.53 Å². The van der Waals surface area contributed by atoms with Crippen molar-refractivity contribution in [2.24, 2.45) is 0 Å². The quantitative estimate of drug-likeness (QED) is 0.295. The summed E-state index contributed by atoms with van der Waals surface area (Å²) < 4.78 is 7.02. The number of carbonyl (C=O) groups is 1. The van der Waals surface area contributed by atoms with Crippen LogP contribution in [0.1, 0.15) is 33.0 Å². The van der Waals surface area contributed by atoms with Gasteiger partial charge in [-0.05, 0) is 55.3 Å². The molecule has 4 aromatic rings. The Morgan fingerprint density at radius 3 is 2.50 bits per heavy atom. The van der Waals surface area contributed by atoms with E-state index in [4.69, 9.17) is 4.74 Å². The zero-order valence-electron chi connectivity index (χ0n) is 18.9. The summed E-state index contributed by atoms with van der Waals surface area (Å²) in [4.78, 5) is 41.0. The average molecular weight is 478 g/mol. The van der Waals surface area contributed by atoms with Gasteiger partial charge in [0.15, 0.2) is 10.9 Å². The summed E-state index contributed by atoms with van der Waals surface area (Å²) in [5, 5.41) is 9.18. The molecule has 0 fully saturated rings. The fraction of sp³-hybridized carbons (Fsp3) is 0.208. The molecule has 2 aromatic carbocycles. The minimum absolute atomic E-state index is 0.0522. The number of hydrogen-bond donors (Lipinski definition) is 2. The van der Waals surface area contributed by atoms with Crippen LogP contribution in [0, 0.1) is 13.8 Å². The molecule has 0 aliphatic heterocycles. The lowest BCUT2D eigenvalue weighted by Gasteiger charge is -2.13. The second kappa shape index (κ2) is 9.92. The number of aryl methyl sites for hydroxylation is 2. The van der Waals surface area contributed by atoms with E-state index in [9.17, 15) is 14.4 Å². The van der Waals surface area contributed by atoms with Crippen LogP contribution < -0.4 is 16.0 Å². The lowest BCUT2D eigenvalue weighted by molar-refractivity contribution is 0.102. The molecule has 174 valence electrons. The van der Waals surface area contributed by atoms with Gasteiger partial charge in [0.2, 0.25) is 0 Å². The number of carbonyl (C=O) groups excluding carboxylic acids is 1. The lowest BCUT2D eigenvalue weighted by Crippen LogP contribution is -2.23. The average Bonchev–Trinajstić information content (AvgIpc) is 3.20. The Labute approximate surface area is 199 Å². The number of nitrogens with one attached hydrogen (secondary N) is 2. The summed E-state index contributed by atoms with van der Waals surface area (Å²) in [5.41, 5.74) is 2.83. The van der Waals surface area contributed by atoms with Gasteiger partial charge in [0, 0.05) is 23.7 Å². The highest BCUT2D eigenvalue weighted by Gasteiger charge is 2.19. The van der Waals surface area contributed by atoms with Crippen molar-refractivity contribution in [3.05, 3.63) is 97.6 Å². The maximum absolute atomic E-state index is 12.8. The molecule has 2 heterocycles. The molecule has 2 aromatic heterocycles. The number of benzene rings is 2. The van der Waals surface area contributed by atoms with Crippen molar-refractivity contribution in [1.29, 1.82) is 0 Å². The minimum Gasteiger partial charge on any atom is -0.497 e. The van der Waals surface area contributed by atoms with Gasteiger partial charge in [0.25, 0.3) is 5.56 Å². The van der Waals surface area contributed by atoms with Crippen LogP contribution in [0.3, 0.4) is 0 Å². The van der Waals surface area contributed by atoms with Crippen molar-refractivity contribution in [2.45, 2.75) is 25.4 Å². The van der Waals surface area contributed by atoms with E-state index in [1.807, 2.05) is 36.6 Å². The predicted octanol–water partition coefficient (Wildman–Crippen LogP) is 2.84. The largest absolute Gasteiger partial charge is 0.497 e. The predicted molar refractivity (Wildman–Crippen MR) is 129 cm³/mol. The fourth-order valence-electron chi connectivity index (χ4n) is 3.49. The molecule has 0 unspecified atom stereocenters. The molecule has 0 spiro atoms. The number of ketones is 1. The van der Waals surface area contributed by atoms with Crippen LogP contribution in [0.2, 0.25) is 0 Å². The highest BCUT2D eigenvalue weighted by atomic mass is 32.2. The monoisotopic (exact) mass is 477 g/mol. The number of methoxy groups -OCH3 is 1. The third-order valence-corrected chi connectivity index (χ3v) is 6.14. The van der Waals surface area contributed by atoms with E-state index in [1.54, 1.807) is 31.4 Å². The van der Waals surface area contributed by atoms with Gasteiger partial charge in [0.05, 0.1) is 18.6 Å². The first-order valence-electron chi connectivity index (χ1n) is 10.5. The molecule has 10 heteroatoms. The maximum Gasteiger partial charge on any atom is 0.325 e. The van der Waals surface area contributed by atoms with E-state index >= 15 is 0 Å². The van der Waals surface area contributed by atoms with Gasteiger partial charge in [-0.25, -0.2) is 4.79 Å². The fourth-order valence-corrected chi connectivity index (χ4v) is 4.34. The standard InChI is InChI=1S/C24H23N5O4S/c1-14-4-5-15(2)19(10-14)29-21(11-17-12-22(31)26-23(32)25-17)27-28-24(29)34-13-20(30)16-6-8-18(33-3)9-7-16/h4-10,12H,11,13H2,1-3H3,(H2,25,26,31,32). The Kier molecular flexibility index (Phi) is 6.78. The van der Waals surface area contributed by atoms with E-state index in [-0.39, 0.29) is 18.0 Å². The Hall–Kier alpha value is -3.92. The van der Waals surface area contributed by atoms with Crippen LogP contribution >= 0.6 is 11.8 Å². The highest BCUT2D eigenvalue weighted by molar-refractivity contribution is 7.99. The van der Waals surface area contributed by atoms with Crippen LogP contribution in [-0.2, 0) is 6.42 Å². The Balaban J connectivity index is 1.67. The van der Waals surface area contributed by atoms with E-state index in [0.717, 1.165) is 16.8 Å². The van der Waals surface area contributed by atoms with Gasteiger partial charge in [-0.15, -0.1) is 10.2 Å². The molecule has 0 amide bonds. The molecule has 0 aliphatic carbocycles. The van der Waals surface area contributed by atoms with Crippen molar-refractivity contribution in [1.82, 2.24) is 24.7 Å². The molecule has 34 heavy (non-hydrogen) atoms. The molecule has 0 atom stereocenters. The molecule has 0 saturated heterocycles. The molecule has 0 saturated carbocycles. The summed E-state index contributed by atoms with van der Waals surface area (Å²) in [6.07, 6.45) is 0.187. The first kappa shape index (κ1) is 23.2. The van der Waals surface area contributed by atoms with Gasteiger partial charge in [-0.2, -0.15) is 0 Å². The number of thioether (sulfide) groups is 1. The van der Waals surface area contributed by atoms with Crippen LogP contribution in [0.15, 0.2) is 63.3 Å². The van der Waals surface area contributed by atoms with Crippen LogP contribution in [0.5, 0.6) is 5.75 Å². The third kappa shape index (κ3) is 5.18. The second-order valence-electron chi connectivity index (χ2n) is 7.75. The van der Waals surface area contributed by atoms with Gasteiger partial charge in [-0.1, -0.05) is 23.9 Å². The van der Waals surface area contributed by atoms with Crippen molar-refractivity contribution in [3.8, 4) is 11.4 Å². The molecule has 0 aliphatic rings. The van der Waals surface area contributed by atoms with Crippen molar-refractivity contribution in [2.75, 3.05) is 12.9 Å². The van der Waals surface area contributed by atoms with E-state index in [0.29, 0.717) is 28.0 Å². The van der Waals surface area contributed by atoms with Gasteiger partial charge in [-0.3, -0.25) is 19.1 Å². The van der Waals surface area contributed by atoms with E-state index < -0.39 is 11.2 Å².